The standard InChI is InChI=1S/C25H20Cl2N4O5/c1-34-21-10-17-19(11-22(21)35-2)29-8-7-20(17)36-25-18(27)9-16(13-30-25)31(24(33)12-23(28)32)15-5-3-14(26)4-6-15/h3-11,13H,12H2,1-2H3,(H2,28,32). The Morgan fingerprint density at radius 2 is 1.61 bits per heavy atom. The van der Waals surface area contributed by atoms with Gasteiger partial charge < -0.3 is 19.9 Å². The van der Waals surface area contributed by atoms with E-state index in [-0.39, 0.29) is 10.9 Å². The Hall–Kier alpha value is -4.08. The zero-order valence-corrected chi connectivity index (χ0v) is 20.7. The van der Waals surface area contributed by atoms with Crippen molar-refractivity contribution in [1.82, 2.24) is 9.97 Å². The van der Waals surface area contributed by atoms with Gasteiger partial charge in [0.05, 0.1) is 31.6 Å². The molecule has 36 heavy (non-hydrogen) atoms. The van der Waals surface area contributed by atoms with E-state index in [4.69, 9.17) is 43.1 Å². The Kier molecular flexibility index (Phi) is 7.42. The molecule has 4 aromatic rings. The number of nitrogens with zero attached hydrogens (tertiary/aromatic N) is 3. The van der Waals surface area contributed by atoms with Gasteiger partial charge in [-0.1, -0.05) is 23.2 Å². The second kappa shape index (κ2) is 10.7. The Balaban J connectivity index is 1.71. The van der Waals surface area contributed by atoms with E-state index in [1.54, 1.807) is 48.7 Å². The monoisotopic (exact) mass is 526 g/mol. The number of pyridine rings is 2. The van der Waals surface area contributed by atoms with Crippen LogP contribution in [0.1, 0.15) is 6.42 Å². The zero-order chi connectivity index (χ0) is 25.8. The average Bonchev–Trinajstić information content (AvgIpc) is 2.85. The Morgan fingerprint density at radius 1 is 0.917 bits per heavy atom. The minimum atomic E-state index is -0.769. The summed E-state index contributed by atoms with van der Waals surface area (Å²) in [6.45, 7) is 0. The number of anilines is 2. The summed E-state index contributed by atoms with van der Waals surface area (Å²) in [5.41, 5.74) is 6.63. The van der Waals surface area contributed by atoms with Crippen LogP contribution in [0.4, 0.5) is 11.4 Å². The van der Waals surface area contributed by atoms with Crippen LogP contribution in [0.25, 0.3) is 10.9 Å². The number of hydrogen-bond donors (Lipinski definition) is 1. The number of amides is 2. The maximum atomic E-state index is 12.8. The predicted octanol–water partition coefficient (Wildman–Crippen LogP) is 5.29. The molecule has 0 aliphatic rings. The smallest absolute Gasteiger partial charge is 0.241 e. The zero-order valence-electron chi connectivity index (χ0n) is 19.2. The third-order valence-corrected chi connectivity index (χ3v) is 5.65. The molecule has 4 rings (SSSR count). The van der Waals surface area contributed by atoms with Gasteiger partial charge in [0.2, 0.25) is 17.7 Å². The first-order chi connectivity index (χ1) is 17.3. The molecule has 0 radical (unpaired) electrons. The molecule has 9 nitrogen and oxygen atoms in total. The lowest BCUT2D eigenvalue weighted by molar-refractivity contribution is -0.125. The van der Waals surface area contributed by atoms with Crippen molar-refractivity contribution in [2.24, 2.45) is 5.73 Å². The second-order valence-corrected chi connectivity index (χ2v) is 8.31. The third-order valence-electron chi connectivity index (χ3n) is 5.12. The van der Waals surface area contributed by atoms with Crippen LogP contribution in [0.15, 0.2) is 60.9 Å². The van der Waals surface area contributed by atoms with Crippen molar-refractivity contribution in [2.75, 3.05) is 19.1 Å². The average molecular weight is 527 g/mol. The molecule has 0 aliphatic heterocycles. The predicted molar refractivity (Wildman–Crippen MR) is 137 cm³/mol. The molecular weight excluding hydrogens is 507 g/mol. The van der Waals surface area contributed by atoms with Crippen LogP contribution < -0.4 is 24.8 Å². The maximum absolute atomic E-state index is 12.8. The van der Waals surface area contributed by atoms with Gasteiger partial charge in [0.1, 0.15) is 17.2 Å². The molecule has 0 atom stereocenters. The molecule has 2 amide bonds. The summed E-state index contributed by atoms with van der Waals surface area (Å²) >= 11 is 12.5. The number of hydrogen-bond acceptors (Lipinski definition) is 7. The molecule has 11 heteroatoms. The fraction of sp³-hybridized carbons (Fsp3) is 0.120. The molecular formula is C25H20Cl2N4O5. The number of ether oxygens (including phenoxy) is 3. The van der Waals surface area contributed by atoms with Gasteiger partial charge in [0.15, 0.2) is 11.5 Å². The normalized spacial score (nSPS) is 10.7. The first kappa shape index (κ1) is 25.0. The van der Waals surface area contributed by atoms with Gasteiger partial charge in [-0.15, -0.1) is 0 Å². The van der Waals surface area contributed by atoms with Gasteiger partial charge >= 0.3 is 0 Å². The van der Waals surface area contributed by atoms with E-state index in [0.717, 1.165) is 0 Å². The fourth-order valence-electron chi connectivity index (χ4n) is 3.51. The van der Waals surface area contributed by atoms with Crippen molar-refractivity contribution < 1.29 is 23.8 Å². The van der Waals surface area contributed by atoms with Gasteiger partial charge in [0, 0.05) is 28.4 Å². The number of primary amides is 1. The topological polar surface area (TPSA) is 117 Å². The Morgan fingerprint density at radius 3 is 2.25 bits per heavy atom. The summed E-state index contributed by atoms with van der Waals surface area (Å²) in [6, 6.07) is 13.1. The van der Waals surface area contributed by atoms with Crippen molar-refractivity contribution >= 4 is 57.3 Å². The molecule has 0 saturated heterocycles. The van der Waals surface area contributed by atoms with Crippen LogP contribution in [-0.4, -0.2) is 36.0 Å². The van der Waals surface area contributed by atoms with Gasteiger partial charge in [-0.05, 0) is 42.5 Å². The number of rotatable bonds is 8. The highest BCUT2D eigenvalue weighted by Gasteiger charge is 2.22. The van der Waals surface area contributed by atoms with E-state index >= 15 is 0 Å². The lowest BCUT2D eigenvalue weighted by atomic mass is 10.2. The highest BCUT2D eigenvalue weighted by atomic mass is 35.5. The highest BCUT2D eigenvalue weighted by molar-refractivity contribution is 6.32. The summed E-state index contributed by atoms with van der Waals surface area (Å²) in [6.07, 6.45) is 2.48. The molecule has 0 fully saturated rings. The van der Waals surface area contributed by atoms with Crippen molar-refractivity contribution in [3.63, 3.8) is 0 Å². The number of benzene rings is 2. The number of halogens is 2. The fourth-order valence-corrected chi connectivity index (χ4v) is 3.83. The lowest BCUT2D eigenvalue weighted by Crippen LogP contribution is -2.30. The van der Waals surface area contributed by atoms with E-state index < -0.39 is 18.2 Å². The largest absolute Gasteiger partial charge is 0.493 e. The number of aromatic nitrogens is 2. The highest BCUT2D eigenvalue weighted by Crippen LogP contribution is 2.39. The quantitative estimate of drug-likeness (QED) is 0.310. The molecule has 0 aliphatic carbocycles. The van der Waals surface area contributed by atoms with E-state index in [1.165, 1.54) is 31.4 Å². The number of carbonyl (C=O) groups is 2. The molecule has 2 aromatic heterocycles. The summed E-state index contributed by atoms with van der Waals surface area (Å²) < 4.78 is 16.7. The first-order valence-corrected chi connectivity index (χ1v) is 11.3. The Labute approximate surface area is 216 Å². The molecule has 0 unspecified atom stereocenters. The summed E-state index contributed by atoms with van der Waals surface area (Å²) in [4.78, 5) is 34.2. The van der Waals surface area contributed by atoms with Crippen molar-refractivity contribution in [3.05, 3.63) is 71.0 Å². The minimum Gasteiger partial charge on any atom is -0.493 e. The first-order valence-electron chi connectivity index (χ1n) is 10.5. The van der Waals surface area contributed by atoms with E-state index in [0.29, 0.717) is 44.5 Å². The number of fused-ring (bicyclic) bond motifs is 1. The van der Waals surface area contributed by atoms with Crippen molar-refractivity contribution in [3.8, 4) is 23.1 Å². The van der Waals surface area contributed by atoms with E-state index in [9.17, 15) is 9.59 Å². The summed E-state index contributed by atoms with van der Waals surface area (Å²) in [5.74, 6) is 0.234. The van der Waals surface area contributed by atoms with Crippen molar-refractivity contribution in [1.29, 1.82) is 0 Å². The van der Waals surface area contributed by atoms with Gasteiger partial charge in [0.25, 0.3) is 0 Å². The lowest BCUT2D eigenvalue weighted by Gasteiger charge is -2.23. The second-order valence-electron chi connectivity index (χ2n) is 7.46. The summed E-state index contributed by atoms with van der Waals surface area (Å²) in [7, 11) is 3.07. The van der Waals surface area contributed by atoms with Crippen LogP contribution in [0.2, 0.25) is 10.0 Å². The third kappa shape index (κ3) is 5.27. The molecule has 2 heterocycles. The Bertz CT molecular complexity index is 1450. The maximum Gasteiger partial charge on any atom is 0.241 e. The van der Waals surface area contributed by atoms with Crippen LogP contribution in [-0.2, 0) is 9.59 Å². The molecule has 184 valence electrons. The van der Waals surface area contributed by atoms with Crippen LogP contribution in [0.5, 0.6) is 23.1 Å². The van der Waals surface area contributed by atoms with Gasteiger partial charge in [-0.3, -0.25) is 19.5 Å². The van der Waals surface area contributed by atoms with E-state index in [2.05, 4.69) is 9.97 Å². The van der Waals surface area contributed by atoms with Crippen LogP contribution in [0.3, 0.4) is 0 Å². The number of carbonyl (C=O) groups excluding carboxylic acids is 2. The van der Waals surface area contributed by atoms with Crippen LogP contribution >= 0.6 is 23.2 Å². The summed E-state index contributed by atoms with van der Waals surface area (Å²) in [5, 5.41) is 1.26. The molecule has 0 bridgehead atoms. The molecule has 2 aromatic carbocycles. The SMILES string of the molecule is COc1cc2nccc(Oc3ncc(N(C(=O)CC(N)=O)c4ccc(Cl)cc4)cc3Cl)c2cc1OC. The van der Waals surface area contributed by atoms with E-state index in [1.807, 2.05) is 0 Å². The molecule has 2 N–H and O–H groups in total. The number of methoxy groups -OCH3 is 2. The van der Waals surface area contributed by atoms with Crippen molar-refractivity contribution in [2.45, 2.75) is 6.42 Å². The molecule has 0 saturated carbocycles. The van der Waals surface area contributed by atoms with Gasteiger partial charge in [-0.2, -0.15) is 0 Å². The van der Waals surface area contributed by atoms with Crippen LogP contribution in [0, 0.1) is 0 Å². The minimum absolute atomic E-state index is 0.0982. The number of nitrogens with two attached hydrogens (primary N) is 1. The van der Waals surface area contributed by atoms with Gasteiger partial charge in [-0.25, -0.2) is 4.98 Å². The molecule has 0 spiro atoms.